The third kappa shape index (κ3) is 3.10. The first-order valence-electron chi connectivity index (χ1n) is 7.84. The molecule has 122 valence electrons. The number of rotatable bonds is 4. The van der Waals surface area contributed by atoms with Gasteiger partial charge in [-0.15, -0.1) is 0 Å². The summed E-state index contributed by atoms with van der Waals surface area (Å²) in [6.45, 7) is 0.978. The van der Waals surface area contributed by atoms with E-state index in [0.717, 1.165) is 40.6 Å². The van der Waals surface area contributed by atoms with Crippen molar-refractivity contribution < 1.29 is 9.53 Å². The number of imidazole rings is 1. The first kappa shape index (κ1) is 15.1. The Labute approximate surface area is 144 Å². The molecule has 2 aromatic carbocycles. The Balaban J connectivity index is 1.45. The highest BCUT2D eigenvalue weighted by Crippen LogP contribution is 2.26. The number of hydrogen-bond acceptors (Lipinski definition) is 4. The lowest BCUT2D eigenvalue weighted by molar-refractivity contribution is -0.118. The molecule has 1 N–H and O–H groups in total. The van der Waals surface area contributed by atoms with Crippen LogP contribution in [0, 0.1) is 0 Å². The normalized spacial score (nSPS) is 13.5. The molecule has 1 amide bonds. The quantitative estimate of drug-likeness (QED) is 0.792. The number of carbonyl (C=O) groups is 1. The van der Waals surface area contributed by atoms with E-state index in [4.69, 9.17) is 4.74 Å². The first-order valence-corrected chi connectivity index (χ1v) is 9.00. The van der Waals surface area contributed by atoms with Crippen LogP contribution in [-0.4, -0.2) is 27.8 Å². The topological polar surface area (TPSA) is 56.1 Å². The summed E-state index contributed by atoms with van der Waals surface area (Å²) < 4.78 is 7.72. The van der Waals surface area contributed by atoms with Crippen molar-refractivity contribution in [3.63, 3.8) is 0 Å². The van der Waals surface area contributed by atoms with E-state index in [9.17, 15) is 4.79 Å². The SMILES string of the molecule is O=C(COc1ccccc1)Nc1ccc2c(c1)nc1n2CCSC1. The number of nitrogens with one attached hydrogen (secondary N) is 1. The van der Waals surface area contributed by atoms with Crippen LogP contribution in [0.2, 0.25) is 0 Å². The highest BCUT2D eigenvalue weighted by Gasteiger charge is 2.15. The second-order valence-corrected chi connectivity index (χ2v) is 6.69. The van der Waals surface area contributed by atoms with Crippen molar-refractivity contribution in [2.24, 2.45) is 0 Å². The molecule has 1 aromatic heterocycles. The fourth-order valence-corrected chi connectivity index (χ4v) is 3.66. The molecule has 0 bridgehead atoms. The van der Waals surface area contributed by atoms with E-state index < -0.39 is 0 Å². The van der Waals surface area contributed by atoms with E-state index in [1.807, 2.05) is 60.3 Å². The van der Waals surface area contributed by atoms with Crippen LogP contribution in [0.3, 0.4) is 0 Å². The van der Waals surface area contributed by atoms with E-state index in [1.54, 1.807) is 0 Å². The number of carbonyl (C=O) groups excluding carboxylic acids is 1. The molecule has 0 spiro atoms. The number of anilines is 1. The van der Waals surface area contributed by atoms with Crippen LogP contribution in [0.4, 0.5) is 5.69 Å². The second-order valence-electron chi connectivity index (χ2n) is 5.59. The smallest absolute Gasteiger partial charge is 0.262 e. The predicted octanol–water partition coefficient (Wildman–Crippen LogP) is 3.30. The highest BCUT2D eigenvalue weighted by molar-refractivity contribution is 7.98. The number of fused-ring (bicyclic) bond motifs is 3. The summed E-state index contributed by atoms with van der Waals surface area (Å²) in [5.74, 6) is 3.67. The van der Waals surface area contributed by atoms with E-state index in [2.05, 4.69) is 14.9 Å². The maximum atomic E-state index is 12.1. The molecule has 0 aliphatic carbocycles. The average molecular weight is 339 g/mol. The lowest BCUT2D eigenvalue weighted by Gasteiger charge is -2.13. The molecule has 0 saturated carbocycles. The molecule has 2 heterocycles. The van der Waals surface area contributed by atoms with Crippen molar-refractivity contribution in [2.75, 3.05) is 17.7 Å². The lowest BCUT2D eigenvalue weighted by Crippen LogP contribution is -2.20. The molecule has 5 nitrogen and oxygen atoms in total. The molecule has 0 fully saturated rings. The number of thioether (sulfide) groups is 1. The minimum Gasteiger partial charge on any atom is -0.484 e. The Morgan fingerprint density at radius 3 is 3.00 bits per heavy atom. The number of hydrogen-bond donors (Lipinski definition) is 1. The fourth-order valence-electron chi connectivity index (χ4n) is 2.80. The van der Waals surface area contributed by atoms with E-state index in [1.165, 1.54) is 0 Å². The molecular weight excluding hydrogens is 322 g/mol. The standard InChI is InChI=1S/C18H17N3O2S/c22-18(11-23-14-4-2-1-3-5-14)19-13-6-7-16-15(10-13)20-17-12-24-9-8-21(16)17/h1-7,10H,8-9,11-12H2,(H,19,22). The molecule has 0 radical (unpaired) electrons. The maximum Gasteiger partial charge on any atom is 0.262 e. The van der Waals surface area contributed by atoms with Crippen LogP contribution in [0.15, 0.2) is 48.5 Å². The molecule has 3 aromatic rings. The van der Waals surface area contributed by atoms with Gasteiger partial charge in [-0.2, -0.15) is 11.8 Å². The first-order chi connectivity index (χ1) is 11.8. The number of benzene rings is 2. The third-order valence-electron chi connectivity index (χ3n) is 3.91. The Kier molecular flexibility index (Phi) is 4.13. The van der Waals surface area contributed by atoms with Gasteiger partial charge < -0.3 is 14.6 Å². The van der Waals surface area contributed by atoms with E-state index in [-0.39, 0.29) is 12.5 Å². The van der Waals surface area contributed by atoms with Gasteiger partial charge in [0, 0.05) is 18.0 Å². The van der Waals surface area contributed by atoms with Crippen molar-refractivity contribution in [2.45, 2.75) is 12.3 Å². The molecule has 4 rings (SSSR count). The number of aromatic nitrogens is 2. The van der Waals surface area contributed by atoms with E-state index >= 15 is 0 Å². The van der Waals surface area contributed by atoms with Gasteiger partial charge in [0.25, 0.3) is 5.91 Å². The summed E-state index contributed by atoms with van der Waals surface area (Å²) in [5.41, 5.74) is 2.80. The third-order valence-corrected chi connectivity index (χ3v) is 4.85. The summed E-state index contributed by atoms with van der Waals surface area (Å²) in [5, 5.41) is 2.87. The molecule has 0 unspecified atom stereocenters. The van der Waals surface area contributed by atoms with Gasteiger partial charge in [0.15, 0.2) is 6.61 Å². The van der Waals surface area contributed by atoms with Gasteiger partial charge in [0.2, 0.25) is 0 Å². The molecular formula is C18H17N3O2S. The Hall–Kier alpha value is -2.47. The zero-order valence-corrected chi connectivity index (χ0v) is 13.9. The van der Waals surface area contributed by atoms with Crippen LogP contribution in [0.25, 0.3) is 11.0 Å². The minimum atomic E-state index is -0.183. The van der Waals surface area contributed by atoms with Gasteiger partial charge in [-0.1, -0.05) is 18.2 Å². The van der Waals surface area contributed by atoms with Crippen molar-refractivity contribution in [3.05, 3.63) is 54.4 Å². The maximum absolute atomic E-state index is 12.1. The molecule has 0 saturated heterocycles. The summed E-state index contributed by atoms with van der Waals surface area (Å²) >= 11 is 1.90. The van der Waals surface area contributed by atoms with Gasteiger partial charge >= 0.3 is 0 Å². The van der Waals surface area contributed by atoms with Crippen LogP contribution in [0.5, 0.6) is 5.75 Å². The van der Waals surface area contributed by atoms with Gasteiger partial charge in [0.05, 0.1) is 16.8 Å². The Bertz CT molecular complexity index is 877. The molecule has 0 atom stereocenters. The number of aryl methyl sites for hydroxylation is 1. The van der Waals surface area contributed by atoms with Gasteiger partial charge in [-0.05, 0) is 30.3 Å². The molecule has 1 aliphatic heterocycles. The number of para-hydroxylation sites is 1. The molecule has 24 heavy (non-hydrogen) atoms. The monoisotopic (exact) mass is 339 g/mol. The van der Waals surface area contributed by atoms with E-state index in [0.29, 0.717) is 5.75 Å². The number of amides is 1. The minimum absolute atomic E-state index is 0.0155. The van der Waals surface area contributed by atoms with Crippen molar-refractivity contribution in [3.8, 4) is 5.75 Å². The zero-order chi connectivity index (χ0) is 16.4. The molecule has 6 heteroatoms. The van der Waals surface area contributed by atoms with Crippen molar-refractivity contribution in [1.29, 1.82) is 0 Å². The Morgan fingerprint density at radius 1 is 1.25 bits per heavy atom. The predicted molar refractivity (Wildman–Crippen MR) is 96.5 cm³/mol. The summed E-state index contributed by atoms with van der Waals surface area (Å²) in [6.07, 6.45) is 0. The summed E-state index contributed by atoms with van der Waals surface area (Å²) in [4.78, 5) is 16.7. The number of nitrogens with zero attached hydrogens (tertiary/aromatic N) is 2. The highest BCUT2D eigenvalue weighted by atomic mass is 32.2. The van der Waals surface area contributed by atoms with Crippen molar-refractivity contribution >= 4 is 34.4 Å². The van der Waals surface area contributed by atoms with Gasteiger partial charge in [0.1, 0.15) is 11.6 Å². The van der Waals surface area contributed by atoms with Crippen molar-refractivity contribution in [1.82, 2.24) is 9.55 Å². The summed E-state index contributed by atoms with van der Waals surface area (Å²) in [6, 6.07) is 15.2. The molecule has 1 aliphatic rings. The van der Waals surface area contributed by atoms with Gasteiger partial charge in [-0.3, -0.25) is 4.79 Å². The van der Waals surface area contributed by atoms with Crippen LogP contribution in [0.1, 0.15) is 5.82 Å². The largest absolute Gasteiger partial charge is 0.484 e. The zero-order valence-electron chi connectivity index (χ0n) is 13.1. The van der Waals surface area contributed by atoms with Crippen LogP contribution >= 0.6 is 11.8 Å². The average Bonchev–Trinajstić information content (AvgIpc) is 2.98. The van der Waals surface area contributed by atoms with Crippen LogP contribution in [-0.2, 0) is 17.1 Å². The summed E-state index contributed by atoms with van der Waals surface area (Å²) in [7, 11) is 0. The lowest BCUT2D eigenvalue weighted by atomic mass is 10.2. The number of ether oxygens (including phenoxy) is 1. The van der Waals surface area contributed by atoms with Crippen LogP contribution < -0.4 is 10.1 Å². The van der Waals surface area contributed by atoms with Gasteiger partial charge in [-0.25, -0.2) is 4.98 Å². The fraction of sp³-hybridized carbons (Fsp3) is 0.222. The second kappa shape index (κ2) is 6.57. The Morgan fingerprint density at radius 2 is 2.12 bits per heavy atom.